The van der Waals surface area contributed by atoms with Crippen LogP contribution >= 0.6 is 0 Å². The van der Waals surface area contributed by atoms with Crippen LogP contribution in [-0.4, -0.2) is 25.1 Å². The number of Topliss-reactive ketones (excluding diaryl/α,β-unsaturated/α-hetero) is 1. The van der Waals surface area contributed by atoms with Crippen LogP contribution in [-0.2, 0) is 0 Å². The minimum absolute atomic E-state index is 0.0974. The van der Waals surface area contributed by atoms with E-state index in [-0.39, 0.29) is 17.1 Å². The molecule has 19 heavy (non-hydrogen) atoms. The van der Waals surface area contributed by atoms with Gasteiger partial charge in [-0.3, -0.25) is 4.79 Å². The molecule has 4 nitrogen and oxygen atoms in total. The third-order valence-corrected chi connectivity index (χ3v) is 2.61. The molecule has 0 bridgehead atoms. The van der Waals surface area contributed by atoms with Gasteiger partial charge in [-0.1, -0.05) is 19.3 Å². The van der Waals surface area contributed by atoms with Gasteiger partial charge >= 0.3 is 0 Å². The highest BCUT2D eigenvalue weighted by molar-refractivity contribution is 6.11. The zero-order valence-electron chi connectivity index (χ0n) is 11.4. The molecule has 102 valence electrons. The zero-order chi connectivity index (χ0) is 14.3. The van der Waals surface area contributed by atoms with Gasteiger partial charge in [-0.2, -0.15) is 0 Å². The lowest BCUT2D eigenvalue weighted by Gasteiger charge is -2.09. The maximum absolute atomic E-state index is 11.9. The van der Waals surface area contributed by atoms with Gasteiger partial charge in [0, 0.05) is 12.5 Å². The average Bonchev–Trinajstić information content (AvgIpc) is 2.43. The molecule has 0 heterocycles. The smallest absolute Gasteiger partial charge is 0.239 e. The van der Waals surface area contributed by atoms with E-state index in [4.69, 9.17) is 9.47 Å². The summed E-state index contributed by atoms with van der Waals surface area (Å²) < 4.78 is 10.0. The van der Waals surface area contributed by atoms with E-state index in [0.29, 0.717) is 12.2 Å². The first kappa shape index (κ1) is 14.9. The van der Waals surface area contributed by atoms with Crippen molar-refractivity contribution in [3.05, 3.63) is 17.7 Å². The Hall–Kier alpha value is -2.15. The number of aromatic hydroxyl groups is 1. The van der Waals surface area contributed by atoms with Crippen LogP contribution in [0.15, 0.2) is 12.1 Å². The highest BCUT2D eigenvalue weighted by Gasteiger charge is 2.16. The first-order valence-electron chi connectivity index (χ1n) is 6.12. The van der Waals surface area contributed by atoms with Gasteiger partial charge in [0.15, 0.2) is 11.5 Å². The minimum atomic E-state index is -0.439. The van der Waals surface area contributed by atoms with Crippen LogP contribution in [0.25, 0.3) is 0 Å². The Morgan fingerprint density at radius 2 is 2.05 bits per heavy atom. The second-order valence-electron chi connectivity index (χ2n) is 3.96. The summed E-state index contributed by atoms with van der Waals surface area (Å²) in [6, 6.07) is 2.96. The average molecular weight is 262 g/mol. The number of ether oxygens (including phenoxy) is 2. The highest BCUT2D eigenvalue weighted by Crippen LogP contribution is 2.34. The summed E-state index contributed by atoms with van der Waals surface area (Å²) in [4.78, 5) is 11.9. The molecule has 0 unspecified atom stereocenters. The maximum atomic E-state index is 11.9. The number of benzene rings is 1. The van der Waals surface area contributed by atoms with Crippen molar-refractivity contribution in [2.75, 3.05) is 14.2 Å². The SMILES string of the molecule is CCCCC#CC(=O)c1cc(OC)cc(OC)c1O. The Labute approximate surface area is 113 Å². The zero-order valence-corrected chi connectivity index (χ0v) is 11.4. The van der Waals surface area contributed by atoms with Crippen molar-refractivity contribution in [2.24, 2.45) is 0 Å². The van der Waals surface area contributed by atoms with Gasteiger partial charge in [-0.25, -0.2) is 0 Å². The quantitative estimate of drug-likeness (QED) is 0.384. The normalized spacial score (nSPS) is 9.42. The summed E-state index contributed by atoms with van der Waals surface area (Å²) in [5, 5.41) is 9.91. The van der Waals surface area contributed by atoms with Crippen molar-refractivity contribution in [3.8, 4) is 29.1 Å². The minimum Gasteiger partial charge on any atom is -0.504 e. The Morgan fingerprint density at radius 3 is 2.63 bits per heavy atom. The van der Waals surface area contributed by atoms with Crippen LogP contribution in [0.4, 0.5) is 0 Å². The van der Waals surface area contributed by atoms with E-state index in [0.717, 1.165) is 12.8 Å². The Kier molecular flexibility index (Phi) is 5.74. The summed E-state index contributed by atoms with van der Waals surface area (Å²) in [5.74, 6) is 5.29. The first-order valence-corrected chi connectivity index (χ1v) is 6.12. The van der Waals surface area contributed by atoms with E-state index in [1.54, 1.807) is 0 Å². The Bertz CT molecular complexity index is 509. The fraction of sp³-hybridized carbons (Fsp3) is 0.400. The number of unbranched alkanes of at least 4 members (excludes halogenated alkanes) is 2. The van der Waals surface area contributed by atoms with E-state index < -0.39 is 5.78 Å². The van der Waals surface area contributed by atoms with Crippen molar-refractivity contribution in [3.63, 3.8) is 0 Å². The van der Waals surface area contributed by atoms with E-state index in [1.165, 1.54) is 26.4 Å². The summed E-state index contributed by atoms with van der Waals surface area (Å²) in [7, 11) is 2.89. The van der Waals surface area contributed by atoms with E-state index >= 15 is 0 Å². The lowest BCUT2D eigenvalue weighted by Crippen LogP contribution is -1.99. The van der Waals surface area contributed by atoms with E-state index in [9.17, 15) is 9.90 Å². The van der Waals surface area contributed by atoms with Crippen molar-refractivity contribution in [2.45, 2.75) is 26.2 Å². The number of methoxy groups -OCH3 is 2. The molecule has 0 fully saturated rings. The van der Waals surface area contributed by atoms with Crippen LogP contribution in [0.5, 0.6) is 17.2 Å². The molecule has 4 heteroatoms. The fourth-order valence-electron chi connectivity index (χ4n) is 1.50. The molecule has 0 amide bonds. The molecule has 0 radical (unpaired) electrons. The third kappa shape index (κ3) is 3.92. The Morgan fingerprint density at radius 1 is 1.32 bits per heavy atom. The number of ketones is 1. The number of rotatable bonds is 5. The van der Waals surface area contributed by atoms with Gasteiger partial charge in [0.1, 0.15) is 5.75 Å². The van der Waals surface area contributed by atoms with Crippen molar-refractivity contribution >= 4 is 5.78 Å². The van der Waals surface area contributed by atoms with Gasteiger partial charge in [0.25, 0.3) is 0 Å². The van der Waals surface area contributed by atoms with Crippen molar-refractivity contribution in [1.82, 2.24) is 0 Å². The molecule has 0 spiro atoms. The van der Waals surface area contributed by atoms with Gasteiger partial charge in [0.05, 0.1) is 19.8 Å². The molecule has 1 N–H and O–H groups in total. The number of hydrogen-bond donors (Lipinski definition) is 1. The van der Waals surface area contributed by atoms with Crippen LogP contribution < -0.4 is 9.47 Å². The molecule has 0 aliphatic carbocycles. The largest absolute Gasteiger partial charge is 0.504 e. The standard InChI is InChI=1S/C15H18O4/c1-4-5-6-7-8-13(16)12-9-11(18-2)10-14(19-3)15(12)17/h9-10,17H,4-6H2,1-3H3. The second-order valence-corrected chi connectivity index (χ2v) is 3.96. The predicted molar refractivity (Wildman–Crippen MR) is 72.8 cm³/mol. The van der Waals surface area contributed by atoms with Gasteiger partial charge in [-0.15, -0.1) is 0 Å². The van der Waals surface area contributed by atoms with Crippen molar-refractivity contribution in [1.29, 1.82) is 0 Å². The molecular weight excluding hydrogens is 244 g/mol. The molecule has 0 aromatic heterocycles. The van der Waals surface area contributed by atoms with Crippen LogP contribution in [0.1, 0.15) is 36.5 Å². The predicted octanol–water partition coefficient (Wildman–Crippen LogP) is 2.79. The van der Waals surface area contributed by atoms with Crippen LogP contribution in [0.2, 0.25) is 0 Å². The Balaban J connectivity index is 3.03. The van der Waals surface area contributed by atoms with Gasteiger partial charge in [0.2, 0.25) is 5.78 Å². The number of phenolic OH excluding ortho intramolecular Hbond substituents is 1. The van der Waals surface area contributed by atoms with Gasteiger partial charge < -0.3 is 14.6 Å². The molecule has 0 atom stereocenters. The van der Waals surface area contributed by atoms with E-state index in [2.05, 4.69) is 18.8 Å². The molecule has 0 aliphatic rings. The van der Waals surface area contributed by atoms with Crippen LogP contribution in [0.3, 0.4) is 0 Å². The molecule has 0 saturated carbocycles. The monoisotopic (exact) mass is 262 g/mol. The highest BCUT2D eigenvalue weighted by atomic mass is 16.5. The summed E-state index contributed by atoms with van der Waals surface area (Å²) in [6.45, 7) is 2.06. The number of carbonyl (C=O) groups is 1. The maximum Gasteiger partial charge on any atom is 0.239 e. The topological polar surface area (TPSA) is 55.8 Å². The molecule has 1 rings (SSSR count). The number of carbonyl (C=O) groups excluding carboxylic acids is 1. The lowest BCUT2D eigenvalue weighted by atomic mass is 10.1. The van der Waals surface area contributed by atoms with E-state index in [1.807, 2.05) is 0 Å². The van der Waals surface area contributed by atoms with Crippen molar-refractivity contribution < 1.29 is 19.4 Å². The first-order chi connectivity index (χ1) is 9.13. The summed E-state index contributed by atoms with van der Waals surface area (Å²) >= 11 is 0. The molecule has 1 aromatic carbocycles. The molecule has 1 aromatic rings. The number of phenols is 1. The molecule has 0 saturated heterocycles. The number of hydrogen-bond acceptors (Lipinski definition) is 4. The molecular formula is C15H18O4. The van der Waals surface area contributed by atoms with Gasteiger partial charge in [-0.05, 0) is 18.4 Å². The van der Waals surface area contributed by atoms with Crippen LogP contribution in [0, 0.1) is 11.8 Å². The molecule has 0 aliphatic heterocycles. The fourth-order valence-corrected chi connectivity index (χ4v) is 1.50. The lowest BCUT2D eigenvalue weighted by molar-refractivity contribution is 0.105. The third-order valence-electron chi connectivity index (χ3n) is 2.61. The summed E-state index contributed by atoms with van der Waals surface area (Å²) in [5.41, 5.74) is 0.0974. The summed E-state index contributed by atoms with van der Waals surface area (Å²) in [6.07, 6.45) is 2.65. The second kappa shape index (κ2) is 7.32.